The summed E-state index contributed by atoms with van der Waals surface area (Å²) in [4.78, 5) is 4.67. The van der Waals surface area contributed by atoms with E-state index in [0.717, 1.165) is 29.0 Å². The van der Waals surface area contributed by atoms with Crippen molar-refractivity contribution in [3.8, 4) is 0 Å². The zero-order valence-electron chi connectivity index (χ0n) is 11.0. The summed E-state index contributed by atoms with van der Waals surface area (Å²) in [5.74, 6) is 0.356. The topological polar surface area (TPSA) is 30.2 Å². The smallest absolute Gasteiger partial charge is 0.160 e. The minimum absolute atomic E-state index is 0.356. The van der Waals surface area contributed by atoms with Crippen LogP contribution in [0.5, 0.6) is 0 Å². The summed E-state index contributed by atoms with van der Waals surface area (Å²) >= 11 is 6.44. The van der Waals surface area contributed by atoms with E-state index in [4.69, 9.17) is 11.6 Å². The fourth-order valence-corrected chi connectivity index (χ4v) is 2.82. The van der Waals surface area contributed by atoms with Crippen LogP contribution in [0.25, 0.3) is 5.65 Å². The molecule has 0 unspecified atom stereocenters. The molecular weight excluding hydrogens is 234 g/mol. The van der Waals surface area contributed by atoms with Gasteiger partial charge in [-0.15, -0.1) is 0 Å². The Kier molecular flexibility index (Phi) is 3.13. The van der Waals surface area contributed by atoms with E-state index in [1.165, 1.54) is 5.56 Å². The standard InChI is InChI=1S/C13H18ClN3/c1-6-10-8(4)16-17-12(14)11(7(2)3)9(5)15-13(10)17/h7H,6H2,1-5H3. The number of rotatable bonds is 2. The maximum Gasteiger partial charge on any atom is 0.160 e. The van der Waals surface area contributed by atoms with E-state index in [0.29, 0.717) is 11.1 Å². The van der Waals surface area contributed by atoms with E-state index in [2.05, 4.69) is 30.9 Å². The molecule has 17 heavy (non-hydrogen) atoms. The number of aryl methyl sites for hydroxylation is 3. The highest BCUT2D eigenvalue weighted by atomic mass is 35.5. The van der Waals surface area contributed by atoms with Crippen LogP contribution in [0.2, 0.25) is 5.15 Å². The molecule has 0 fully saturated rings. The molecule has 0 aliphatic carbocycles. The molecule has 0 aliphatic heterocycles. The summed E-state index contributed by atoms with van der Waals surface area (Å²) in [5.41, 5.74) is 5.20. The Balaban J connectivity index is 2.86. The molecule has 0 spiro atoms. The van der Waals surface area contributed by atoms with Crippen molar-refractivity contribution in [1.82, 2.24) is 14.6 Å². The van der Waals surface area contributed by atoms with Gasteiger partial charge in [-0.05, 0) is 26.2 Å². The largest absolute Gasteiger partial charge is 0.233 e. The van der Waals surface area contributed by atoms with Crippen molar-refractivity contribution in [2.45, 2.75) is 47.0 Å². The molecule has 92 valence electrons. The molecule has 0 aromatic carbocycles. The molecule has 0 saturated heterocycles. The van der Waals surface area contributed by atoms with Crippen molar-refractivity contribution >= 4 is 17.2 Å². The number of halogens is 1. The van der Waals surface area contributed by atoms with Gasteiger partial charge in [0.2, 0.25) is 0 Å². The third-order valence-electron chi connectivity index (χ3n) is 3.16. The van der Waals surface area contributed by atoms with Crippen LogP contribution < -0.4 is 0 Å². The van der Waals surface area contributed by atoms with E-state index in [1.54, 1.807) is 4.52 Å². The molecule has 0 aliphatic rings. The first kappa shape index (κ1) is 12.4. The Morgan fingerprint density at radius 1 is 1.24 bits per heavy atom. The van der Waals surface area contributed by atoms with Crippen molar-refractivity contribution in [3.05, 3.63) is 27.7 Å². The Labute approximate surface area is 107 Å². The summed E-state index contributed by atoms with van der Waals surface area (Å²) in [7, 11) is 0. The quantitative estimate of drug-likeness (QED) is 0.762. The maximum atomic E-state index is 6.44. The number of hydrogen-bond donors (Lipinski definition) is 0. The second kappa shape index (κ2) is 4.30. The molecule has 4 heteroatoms. The average Bonchev–Trinajstić information content (AvgIpc) is 2.54. The van der Waals surface area contributed by atoms with E-state index in [-0.39, 0.29) is 0 Å². The van der Waals surface area contributed by atoms with Gasteiger partial charge < -0.3 is 0 Å². The third-order valence-corrected chi connectivity index (χ3v) is 3.52. The lowest BCUT2D eigenvalue weighted by atomic mass is 10.0. The molecule has 0 amide bonds. The van der Waals surface area contributed by atoms with Crippen molar-refractivity contribution in [2.75, 3.05) is 0 Å². The molecule has 2 aromatic heterocycles. The first-order valence-corrected chi connectivity index (χ1v) is 6.39. The highest BCUT2D eigenvalue weighted by Crippen LogP contribution is 2.29. The average molecular weight is 252 g/mol. The Morgan fingerprint density at radius 2 is 1.88 bits per heavy atom. The van der Waals surface area contributed by atoms with Crippen molar-refractivity contribution in [3.63, 3.8) is 0 Å². The highest BCUT2D eigenvalue weighted by molar-refractivity contribution is 6.30. The Bertz CT molecular complexity index is 570. The van der Waals surface area contributed by atoms with Gasteiger partial charge in [-0.3, -0.25) is 0 Å². The Hall–Kier alpha value is -1.09. The molecular formula is C13H18ClN3. The molecule has 2 aromatic rings. The molecule has 0 N–H and O–H groups in total. The fraction of sp³-hybridized carbons (Fsp3) is 0.538. The van der Waals surface area contributed by atoms with Gasteiger partial charge in [0, 0.05) is 16.8 Å². The summed E-state index contributed by atoms with van der Waals surface area (Å²) in [5, 5.41) is 5.19. The van der Waals surface area contributed by atoms with Crippen LogP contribution in [-0.2, 0) is 6.42 Å². The van der Waals surface area contributed by atoms with Crippen LogP contribution in [-0.4, -0.2) is 14.6 Å². The lowest BCUT2D eigenvalue weighted by Crippen LogP contribution is -2.04. The first-order chi connectivity index (χ1) is 7.97. The van der Waals surface area contributed by atoms with Gasteiger partial charge in [0.25, 0.3) is 0 Å². The summed E-state index contributed by atoms with van der Waals surface area (Å²) in [6.45, 7) is 10.4. The van der Waals surface area contributed by atoms with Crippen molar-refractivity contribution in [1.29, 1.82) is 0 Å². The predicted octanol–water partition coefficient (Wildman–Crippen LogP) is 3.69. The van der Waals surface area contributed by atoms with Gasteiger partial charge in [-0.1, -0.05) is 32.4 Å². The van der Waals surface area contributed by atoms with Gasteiger partial charge in [-0.25, -0.2) is 9.50 Å². The monoisotopic (exact) mass is 251 g/mol. The van der Waals surface area contributed by atoms with Crippen LogP contribution in [0.15, 0.2) is 0 Å². The summed E-state index contributed by atoms with van der Waals surface area (Å²) < 4.78 is 1.78. The molecule has 2 rings (SSSR count). The zero-order chi connectivity index (χ0) is 12.7. The molecule has 0 bridgehead atoms. The van der Waals surface area contributed by atoms with Gasteiger partial charge in [0.05, 0.1) is 5.69 Å². The molecule has 2 heterocycles. The molecule has 3 nitrogen and oxygen atoms in total. The number of aromatic nitrogens is 3. The summed E-state index contributed by atoms with van der Waals surface area (Å²) in [6, 6.07) is 0. The molecule has 0 atom stereocenters. The minimum Gasteiger partial charge on any atom is -0.233 e. The SMILES string of the molecule is CCc1c(C)nn2c(Cl)c(C(C)C)c(C)nc12. The van der Waals surface area contributed by atoms with Crippen molar-refractivity contribution < 1.29 is 0 Å². The van der Waals surface area contributed by atoms with Gasteiger partial charge in [0.15, 0.2) is 5.65 Å². The minimum atomic E-state index is 0.356. The van der Waals surface area contributed by atoms with Gasteiger partial charge >= 0.3 is 0 Å². The van der Waals surface area contributed by atoms with Crippen LogP contribution in [0.4, 0.5) is 0 Å². The third kappa shape index (κ3) is 1.82. The molecule has 0 radical (unpaired) electrons. The second-order valence-corrected chi connectivity index (χ2v) is 5.07. The summed E-state index contributed by atoms with van der Waals surface area (Å²) in [6.07, 6.45) is 0.930. The van der Waals surface area contributed by atoms with E-state index in [1.807, 2.05) is 13.8 Å². The fourth-order valence-electron chi connectivity index (χ4n) is 2.35. The Morgan fingerprint density at radius 3 is 2.41 bits per heavy atom. The normalized spacial score (nSPS) is 11.7. The van der Waals surface area contributed by atoms with Gasteiger partial charge in [-0.2, -0.15) is 5.10 Å². The van der Waals surface area contributed by atoms with Crippen LogP contribution in [0, 0.1) is 13.8 Å². The number of fused-ring (bicyclic) bond motifs is 1. The maximum absolute atomic E-state index is 6.44. The van der Waals surface area contributed by atoms with E-state index < -0.39 is 0 Å². The molecule has 0 saturated carbocycles. The van der Waals surface area contributed by atoms with Gasteiger partial charge in [0.1, 0.15) is 5.15 Å². The number of nitrogens with zero attached hydrogens (tertiary/aromatic N) is 3. The van der Waals surface area contributed by atoms with Crippen molar-refractivity contribution in [2.24, 2.45) is 0 Å². The second-order valence-electron chi connectivity index (χ2n) is 4.71. The predicted molar refractivity (Wildman–Crippen MR) is 70.9 cm³/mol. The highest BCUT2D eigenvalue weighted by Gasteiger charge is 2.18. The number of hydrogen-bond acceptors (Lipinski definition) is 2. The lowest BCUT2D eigenvalue weighted by Gasteiger charge is -2.12. The van der Waals surface area contributed by atoms with Crippen LogP contribution >= 0.6 is 11.6 Å². The first-order valence-electron chi connectivity index (χ1n) is 6.01. The van der Waals surface area contributed by atoms with E-state index >= 15 is 0 Å². The zero-order valence-corrected chi connectivity index (χ0v) is 11.8. The van der Waals surface area contributed by atoms with Crippen LogP contribution in [0.1, 0.15) is 49.2 Å². The lowest BCUT2D eigenvalue weighted by molar-refractivity contribution is 0.803. The van der Waals surface area contributed by atoms with E-state index in [9.17, 15) is 0 Å². The van der Waals surface area contributed by atoms with Crippen LogP contribution in [0.3, 0.4) is 0 Å².